The quantitative estimate of drug-likeness (QED) is 0.413. The molecule has 35 heavy (non-hydrogen) atoms. The SMILES string of the molecule is CCCC(=O)OCC(O)C(=O)OCC(=O)[C@H]1CC[C@H]2C3=C(CC[C@]12C)[C@@]1(C)C=CC(=O)C=C1CC3. The second-order valence-corrected chi connectivity index (χ2v) is 10.8. The van der Waals surface area contributed by atoms with Gasteiger partial charge in [-0.05, 0) is 75.4 Å². The van der Waals surface area contributed by atoms with Crippen LogP contribution in [0.15, 0.2) is 34.9 Å². The van der Waals surface area contributed by atoms with Crippen LogP contribution < -0.4 is 0 Å². The lowest BCUT2D eigenvalue weighted by atomic mass is 9.54. The molecule has 1 N–H and O–H groups in total. The monoisotopic (exact) mass is 484 g/mol. The predicted octanol–water partition coefficient (Wildman–Crippen LogP) is 3.79. The number of hydrogen-bond donors (Lipinski definition) is 1. The van der Waals surface area contributed by atoms with Crippen molar-refractivity contribution in [3.63, 3.8) is 0 Å². The Bertz CT molecular complexity index is 1020. The molecule has 0 aliphatic heterocycles. The summed E-state index contributed by atoms with van der Waals surface area (Å²) in [6.07, 6.45) is 10.0. The summed E-state index contributed by atoms with van der Waals surface area (Å²) in [5.41, 5.74) is 3.68. The van der Waals surface area contributed by atoms with Crippen molar-refractivity contribution in [3.05, 3.63) is 34.9 Å². The van der Waals surface area contributed by atoms with E-state index in [0.717, 1.165) is 38.5 Å². The molecule has 1 fully saturated rings. The molecule has 1 unspecified atom stereocenters. The summed E-state index contributed by atoms with van der Waals surface area (Å²) in [7, 11) is 0. The number of carbonyl (C=O) groups excluding carboxylic acids is 4. The zero-order chi connectivity index (χ0) is 25.4. The molecule has 0 bridgehead atoms. The van der Waals surface area contributed by atoms with E-state index in [1.165, 1.54) is 16.7 Å². The van der Waals surface area contributed by atoms with Crippen molar-refractivity contribution < 1.29 is 33.8 Å². The Balaban J connectivity index is 1.40. The van der Waals surface area contributed by atoms with E-state index in [-0.39, 0.29) is 41.3 Å². The average molecular weight is 485 g/mol. The lowest BCUT2D eigenvalue weighted by molar-refractivity contribution is -0.163. The van der Waals surface area contributed by atoms with Crippen LogP contribution in [0.25, 0.3) is 0 Å². The number of rotatable bonds is 8. The molecule has 0 heterocycles. The van der Waals surface area contributed by atoms with Crippen LogP contribution in [-0.4, -0.2) is 47.9 Å². The van der Waals surface area contributed by atoms with Crippen molar-refractivity contribution in [3.8, 4) is 0 Å². The maximum atomic E-state index is 13.2. The Hall–Kier alpha value is -2.54. The van der Waals surface area contributed by atoms with E-state index in [1.807, 2.05) is 6.92 Å². The minimum absolute atomic E-state index is 0.0625. The second-order valence-electron chi connectivity index (χ2n) is 10.8. The Kier molecular flexibility index (Phi) is 7.18. The van der Waals surface area contributed by atoms with Crippen molar-refractivity contribution in [1.29, 1.82) is 0 Å². The molecule has 7 heteroatoms. The number of esters is 2. The zero-order valence-electron chi connectivity index (χ0n) is 20.9. The van der Waals surface area contributed by atoms with Crippen molar-refractivity contribution in [1.82, 2.24) is 0 Å². The molecule has 1 saturated carbocycles. The molecule has 0 aromatic rings. The van der Waals surface area contributed by atoms with Gasteiger partial charge < -0.3 is 14.6 Å². The average Bonchev–Trinajstić information content (AvgIpc) is 3.18. The van der Waals surface area contributed by atoms with E-state index < -0.39 is 24.6 Å². The number of hydrogen-bond acceptors (Lipinski definition) is 7. The first-order valence-electron chi connectivity index (χ1n) is 12.8. The highest BCUT2D eigenvalue weighted by molar-refractivity contribution is 6.01. The van der Waals surface area contributed by atoms with Crippen LogP contribution in [0.2, 0.25) is 0 Å². The molecule has 0 aromatic heterocycles. The maximum absolute atomic E-state index is 13.2. The molecule has 0 saturated heterocycles. The predicted molar refractivity (Wildman–Crippen MR) is 128 cm³/mol. The maximum Gasteiger partial charge on any atom is 0.339 e. The van der Waals surface area contributed by atoms with Gasteiger partial charge in [-0.3, -0.25) is 14.4 Å². The minimum atomic E-state index is -1.60. The first kappa shape index (κ1) is 25.5. The van der Waals surface area contributed by atoms with Gasteiger partial charge in [0.2, 0.25) is 0 Å². The van der Waals surface area contributed by atoms with Crippen LogP contribution in [-0.2, 0) is 28.7 Å². The molecule has 4 aliphatic rings. The highest BCUT2D eigenvalue weighted by atomic mass is 16.6. The summed E-state index contributed by atoms with van der Waals surface area (Å²) in [4.78, 5) is 48.6. The molecule has 0 spiro atoms. The fourth-order valence-electron chi connectivity index (χ4n) is 6.85. The van der Waals surface area contributed by atoms with Gasteiger partial charge >= 0.3 is 11.9 Å². The largest absolute Gasteiger partial charge is 0.462 e. The van der Waals surface area contributed by atoms with Gasteiger partial charge in [0, 0.05) is 17.8 Å². The van der Waals surface area contributed by atoms with Gasteiger partial charge in [0.15, 0.2) is 17.7 Å². The molecule has 190 valence electrons. The van der Waals surface area contributed by atoms with E-state index in [9.17, 15) is 24.3 Å². The fraction of sp³-hybridized carbons (Fsp3) is 0.643. The lowest BCUT2D eigenvalue weighted by Crippen LogP contribution is -2.42. The molecule has 4 rings (SSSR count). The van der Waals surface area contributed by atoms with Crippen molar-refractivity contribution in [2.75, 3.05) is 13.2 Å². The summed E-state index contributed by atoms with van der Waals surface area (Å²) < 4.78 is 9.96. The van der Waals surface area contributed by atoms with E-state index in [0.29, 0.717) is 12.3 Å². The van der Waals surface area contributed by atoms with Gasteiger partial charge in [0.1, 0.15) is 13.2 Å². The van der Waals surface area contributed by atoms with Crippen LogP contribution in [0.5, 0.6) is 0 Å². The Morgan fingerprint density at radius 1 is 1.14 bits per heavy atom. The van der Waals surface area contributed by atoms with Crippen LogP contribution >= 0.6 is 0 Å². The third-order valence-electron chi connectivity index (χ3n) is 8.79. The van der Waals surface area contributed by atoms with Crippen molar-refractivity contribution >= 4 is 23.5 Å². The van der Waals surface area contributed by atoms with E-state index in [4.69, 9.17) is 9.47 Å². The normalized spacial score (nSPS) is 32.2. The molecule has 0 aromatic carbocycles. The number of allylic oxidation sites excluding steroid dienone is 6. The minimum Gasteiger partial charge on any atom is -0.462 e. The van der Waals surface area contributed by atoms with Crippen molar-refractivity contribution in [2.45, 2.75) is 78.2 Å². The molecular formula is C28H36O7. The number of ether oxygens (including phenoxy) is 2. The van der Waals surface area contributed by atoms with Crippen LogP contribution in [0.3, 0.4) is 0 Å². The lowest BCUT2D eigenvalue weighted by Gasteiger charge is -2.49. The highest BCUT2D eigenvalue weighted by Crippen LogP contribution is 2.63. The van der Waals surface area contributed by atoms with Gasteiger partial charge in [-0.25, -0.2) is 4.79 Å². The summed E-state index contributed by atoms with van der Waals surface area (Å²) in [6, 6.07) is 0. The third kappa shape index (κ3) is 4.67. The summed E-state index contributed by atoms with van der Waals surface area (Å²) in [5, 5.41) is 9.92. The van der Waals surface area contributed by atoms with E-state index >= 15 is 0 Å². The van der Waals surface area contributed by atoms with Crippen LogP contribution in [0.1, 0.15) is 72.1 Å². The Morgan fingerprint density at radius 3 is 2.66 bits per heavy atom. The highest BCUT2D eigenvalue weighted by Gasteiger charge is 2.55. The van der Waals surface area contributed by atoms with Crippen LogP contribution in [0, 0.1) is 22.7 Å². The molecule has 7 nitrogen and oxygen atoms in total. The van der Waals surface area contributed by atoms with Crippen LogP contribution in [0.4, 0.5) is 0 Å². The van der Waals surface area contributed by atoms with E-state index in [1.54, 1.807) is 12.2 Å². The molecular weight excluding hydrogens is 448 g/mol. The van der Waals surface area contributed by atoms with E-state index in [2.05, 4.69) is 19.9 Å². The fourth-order valence-corrected chi connectivity index (χ4v) is 6.85. The molecule has 0 radical (unpaired) electrons. The number of ketones is 2. The van der Waals surface area contributed by atoms with Gasteiger partial charge in [-0.15, -0.1) is 0 Å². The standard InChI is InChI=1S/C28H36O7/c1-4-5-25(32)34-16-24(31)26(33)35-15-23(30)22-9-8-20-19-7-6-17-14-18(29)10-12-27(17,2)21(19)11-13-28(20,22)3/h10,12,14,20,22,24,31H,4-9,11,13,15-16H2,1-3H3/t20-,22+,24?,27-,28-/m0/s1. The number of aliphatic hydroxyl groups is 1. The smallest absolute Gasteiger partial charge is 0.339 e. The summed E-state index contributed by atoms with van der Waals surface area (Å²) >= 11 is 0. The number of aliphatic hydroxyl groups excluding tert-OH is 1. The Morgan fingerprint density at radius 2 is 1.91 bits per heavy atom. The van der Waals surface area contributed by atoms with Gasteiger partial charge in [0.05, 0.1) is 0 Å². The molecule has 4 aliphatic carbocycles. The van der Waals surface area contributed by atoms with Crippen molar-refractivity contribution in [2.24, 2.45) is 22.7 Å². The van der Waals surface area contributed by atoms with Gasteiger partial charge in [-0.2, -0.15) is 0 Å². The van der Waals surface area contributed by atoms with Gasteiger partial charge in [-0.1, -0.05) is 36.6 Å². The summed E-state index contributed by atoms with van der Waals surface area (Å²) in [5.74, 6) is -1.39. The summed E-state index contributed by atoms with van der Waals surface area (Å²) in [6.45, 7) is 5.37. The topological polar surface area (TPSA) is 107 Å². The first-order chi connectivity index (χ1) is 16.6. The van der Waals surface area contributed by atoms with Gasteiger partial charge in [0.25, 0.3) is 0 Å². The zero-order valence-corrected chi connectivity index (χ0v) is 20.9. The number of fused-ring (bicyclic) bond motifs is 4. The first-order valence-corrected chi connectivity index (χ1v) is 12.8. The molecule has 5 atom stereocenters. The third-order valence-corrected chi connectivity index (χ3v) is 8.79. The Labute approximate surface area is 206 Å². The number of Topliss-reactive ketones (excluding diaryl/α,β-unsaturated/α-hetero) is 1. The second kappa shape index (κ2) is 9.84. The number of carbonyl (C=O) groups is 4. The molecule has 0 amide bonds.